The maximum atomic E-state index is 11.9. The molecule has 1 fully saturated rings. The van der Waals surface area contributed by atoms with Crippen molar-refractivity contribution in [2.24, 2.45) is 5.92 Å². The molecule has 124 valence electrons. The Hall–Kier alpha value is -0.820. The second-order valence-corrected chi connectivity index (χ2v) is 8.26. The number of carbonyl (C=O) groups is 1. The summed E-state index contributed by atoms with van der Waals surface area (Å²) in [5.41, 5.74) is -0.469. The van der Waals surface area contributed by atoms with E-state index in [0.29, 0.717) is 25.4 Å². The van der Waals surface area contributed by atoms with E-state index in [1.807, 2.05) is 20.8 Å². The smallest absolute Gasteiger partial charge is 0.410 e. The van der Waals surface area contributed by atoms with Gasteiger partial charge >= 0.3 is 6.09 Å². The highest BCUT2D eigenvalue weighted by atomic mass is 32.2. The van der Waals surface area contributed by atoms with Gasteiger partial charge in [-0.3, -0.25) is 4.55 Å². The lowest BCUT2D eigenvalue weighted by atomic mass is 9.92. The SMILES string of the molecule is CC(C)(C)OC(=O)N1CCC(CCCCS(=O)(=O)O)CC1. The van der Waals surface area contributed by atoms with Crippen LogP contribution < -0.4 is 0 Å². The number of carbonyl (C=O) groups excluding carboxylic acids is 1. The average molecular weight is 321 g/mol. The lowest BCUT2D eigenvalue weighted by molar-refractivity contribution is 0.0180. The predicted octanol–water partition coefficient (Wildman–Crippen LogP) is 2.69. The lowest BCUT2D eigenvalue weighted by Gasteiger charge is -2.33. The fourth-order valence-corrected chi connectivity index (χ4v) is 3.02. The zero-order chi connectivity index (χ0) is 16.1. The van der Waals surface area contributed by atoms with Crippen LogP contribution in [-0.2, 0) is 14.9 Å². The first-order valence-electron chi connectivity index (χ1n) is 7.50. The molecule has 6 nitrogen and oxygen atoms in total. The van der Waals surface area contributed by atoms with E-state index < -0.39 is 15.7 Å². The maximum Gasteiger partial charge on any atom is 0.410 e. The summed E-state index contributed by atoms with van der Waals surface area (Å²) in [6.45, 7) is 6.95. The molecule has 0 aromatic rings. The zero-order valence-electron chi connectivity index (χ0n) is 13.2. The molecule has 1 aliphatic rings. The minimum Gasteiger partial charge on any atom is -0.444 e. The molecule has 21 heavy (non-hydrogen) atoms. The standard InChI is InChI=1S/C14H27NO5S/c1-14(2,3)20-13(16)15-9-7-12(8-10-15)6-4-5-11-21(17,18)19/h12H,4-11H2,1-3H3,(H,17,18,19). The Morgan fingerprint density at radius 3 is 2.29 bits per heavy atom. The van der Waals surface area contributed by atoms with Gasteiger partial charge in [0.2, 0.25) is 0 Å². The van der Waals surface area contributed by atoms with Crippen molar-refractivity contribution >= 4 is 16.2 Å². The molecule has 0 aliphatic carbocycles. The molecule has 1 heterocycles. The summed E-state index contributed by atoms with van der Waals surface area (Å²) in [6.07, 6.45) is 3.81. The molecule has 0 radical (unpaired) electrons. The van der Waals surface area contributed by atoms with Crippen LogP contribution in [0.15, 0.2) is 0 Å². The van der Waals surface area contributed by atoms with Crippen molar-refractivity contribution in [3.05, 3.63) is 0 Å². The Kier molecular flexibility index (Phi) is 6.46. The molecule has 0 aromatic heterocycles. The van der Waals surface area contributed by atoms with Gasteiger partial charge in [0.1, 0.15) is 5.60 Å². The van der Waals surface area contributed by atoms with Crippen LogP contribution in [0, 0.1) is 5.92 Å². The van der Waals surface area contributed by atoms with Crippen LogP contribution in [0.4, 0.5) is 4.79 Å². The highest BCUT2D eigenvalue weighted by molar-refractivity contribution is 7.85. The number of piperidine rings is 1. The fourth-order valence-electron chi connectivity index (χ4n) is 2.45. The van der Waals surface area contributed by atoms with Gasteiger partial charge in [0, 0.05) is 13.1 Å². The molecule has 0 spiro atoms. The Labute approximate surface area is 127 Å². The molecule has 1 amide bonds. The van der Waals surface area contributed by atoms with E-state index in [2.05, 4.69) is 0 Å². The molecule has 0 atom stereocenters. The number of unbranched alkanes of at least 4 members (excludes halogenated alkanes) is 1. The normalized spacial score (nSPS) is 17.8. The number of nitrogens with zero attached hydrogens (tertiary/aromatic N) is 1. The highest BCUT2D eigenvalue weighted by Crippen LogP contribution is 2.24. The third kappa shape index (κ3) is 8.26. The number of hydrogen-bond acceptors (Lipinski definition) is 4. The predicted molar refractivity (Wildman–Crippen MR) is 80.8 cm³/mol. The van der Waals surface area contributed by atoms with Crippen LogP contribution >= 0.6 is 0 Å². The van der Waals surface area contributed by atoms with Gasteiger partial charge in [-0.15, -0.1) is 0 Å². The molecule has 0 unspecified atom stereocenters. The van der Waals surface area contributed by atoms with E-state index in [9.17, 15) is 13.2 Å². The second-order valence-electron chi connectivity index (χ2n) is 6.69. The van der Waals surface area contributed by atoms with Gasteiger partial charge in [-0.2, -0.15) is 8.42 Å². The summed E-state index contributed by atoms with van der Waals surface area (Å²) < 4.78 is 35.2. The van der Waals surface area contributed by atoms with E-state index in [1.165, 1.54) is 0 Å². The van der Waals surface area contributed by atoms with Crippen molar-refractivity contribution in [2.45, 2.75) is 58.5 Å². The zero-order valence-corrected chi connectivity index (χ0v) is 14.0. The van der Waals surface area contributed by atoms with Crippen molar-refractivity contribution in [1.29, 1.82) is 0 Å². The van der Waals surface area contributed by atoms with Gasteiger partial charge < -0.3 is 9.64 Å². The van der Waals surface area contributed by atoms with Gasteiger partial charge in [-0.25, -0.2) is 4.79 Å². The molecule has 0 bridgehead atoms. The molecule has 0 saturated carbocycles. The second kappa shape index (κ2) is 7.45. The van der Waals surface area contributed by atoms with Gasteiger partial charge in [-0.1, -0.05) is 12.8 Å². The van der Waals surface area contributed by atoms with E-state index in [-0.39, 0.29) is 11.8 Å². The number of likely N-dealkylation sites (tertiary alicyclic amines) is 1. The molecule has 0 aromatic carbocycles. The maximum absolute atomic E-state index is 11.9. The molecule has 7 heteroatoms. The molecule has 1 rings (SSSR count). The van der Waals surface area contributed by atoms with Crippen LogP contribution in [0.3, 0.4) is 0 Å². The quantitative estimate of drug-likeness (QED) is 0.621. The minimum absolute atomic E-state index is 0.163. The Balaban J connectivity index is 2.22. The van der Waals surface area contributed by atoms with Crippen LogP contribution in [0.5, 0.6) is 0 Å². The average Bonchev–Trinajstić information content (AvgIpc) is 2.32. The van der Waals surface area contributed by atoms with Crippen molar-refractivity contribution in [2.75, 3.05) is 18.8 Å². The molecule has 1 N–H and O–H groups in total. The largest absolute Gasteiger partial charge is 0.444 e. The molecule has 1 aliphatic heterocycles. The summed E-state index contributed by atoms with van der Waals surface area (Å²) in [4.78, 5) is 13.6. The first kappa shape index (κ1) is 18.2. The third-order valence-electron chi connectivity index (χ3n) is 3.53. The molecule has 1 saturated heterocycles. The summed E-state index contributed by atoms with van der Waals surface area (Å²) in [5.74, 6) is 0.356. The summed E-state index contributed by atoms with van der Waals surface area (Å²) >= 11 is 0. The summed E-state index contributed by atoms with van der Waals surface area (Å²) in [5, 5.41) is 0. The first-order valence-corrected chi connectivity index (χ1v) is 9.11. The lowest BCUT2D eigenvalue weighted by Crippen LogP contribution is -2.41. The Morgan fingerprint density at radius 2 is 1.81 bits per heavy atom. The molecular formula is C14H27NO5S. The number of amides is 1. The van der Waals surface area contributed by atoms with Crippen molar-refractivity contribution in [3.8, 4) is 0 Å². The van der Waals surface area contributed by atoms with Crippen molar-refractivity contribution in [3.63, 3.8) is 0 Å². The van der Waals surface area contributed by atoms with E-state index in [4.69, 9.17) is 9.29 Å². The highest BCUT2D eigenvalue weighted by Gasteiger charge is 2.26. The van der Waals surface area contributed by atoms with E-state index >= 15 is 0 Å². The van der Waals surface area contributed by atoms with Crippen LogP contribution in [0.2, 0.25) is 0 Å². The summed E-state index contributed by atoms with van der Waals surface area (Å²) in [7, 11) is -3.83. The van der Waals surface area contributed by atoms with Crippen LogP contribution in [0.25, 0.3) is 0 Å². The van der Waals surface area contributed by atoms with E-state index in [0.717, 1.165) is 25.7 Å². The third-order valence-corrected chi connectivity index (χ3v) is 4.34. The van der Waals surface area contributed by atoms with E-state index in [1.54, 1.807) is 4.90 Å². The van der Waals surface area contributed by atoms with Gasteiger partial charge in [0.15, 0.2) is 0 Å². The van der Waals surface area contributed by atoms with Gasteiger partial charge in [0.25, 0.3) is 10.1 Å². The monoisotopic (exact) mass is 321 g/mol. The topological polar surface area (TPSA) is 83.9 Å². The molecular weight excluding hydrogens is 294 g/mol. The van der Waals surface area contributed by atoms with Crippen LogP contribution in [0.1, 0.15) is 52.9 Å². The minimum atomic E-state index is -3.83. The number of hydrogen-bond donors (Lipinski definition) is 1. The Bertz CT molecular complexity index is 433. The van der Waals surface area contributed by atoms with Crippen molar-refractivity contribution in [1.82, 2.24) is 4.90 Å². The summed E-state index contributed by atoms with van der Waals surface area (Å²) in [6, 6.07) is 0. The fraction of sp³-hybridized carbons (Fsp3) is 0.929. The van der Waals surface area contributed by atoms with Gasteiger partial charge in [0.05, 0.1) is 5.75 Å². The van der Waals surface area contributed by atoms with Crippen molar-refractivity contribution < 1.29 is 22.5 Å². The van der Waals surface area contributed by atoms with Gasteiger partial charge in [-0.05, 0) is 46.0 Å². The van der Waals surface area contributed by atoms with Crippen LogP contribution in [-0.4, -0.2) is 48.4 Å². The number of rotatable bonds is 5. The number of ether oxygens (including phenoxy) is 1. The Morgan fingerprint density at radius 1 is 1.24 bits per heavy atom. The first-order chi connectivity index (χ1) is 9.57.